The van der Waals surface area contributed by atoms with Crippen molar-refractivity contribution in [3.8, 4) is 0 Å². The van der Waals surface area contributed by atoms with Crippen LogP contribution in [0.4, 0.5) is 0 Å². The molecule has 5 nitrogen and oxygen atoms in total. The summed E-state index contributed by atoms with van der Waals surface area (Å²) in [6.45, 7) is 1.50. The van der Waals surface area contributed by atoms with Crippen LogP contribution in [0.25, 0.3) is 0 Å². The van der Waals surface area contributed by atoms with Gasteiger partial charge < -0.3 is 10.1 Å². The van der Waals surface area contributed by atoms with Crippen molar-refractivity contribution in [1.82, 2.24) is 5.32 Å². The van der Waals surface area contributed by atoms with Crippen LogP contribution in [-0.2, 0) is 9.53 Å². The standard InChI is InChI=1S/C18H17NO4/c1-13(15-5-3-2-4-6-15)19-17(21)12-23-18(22)16-9-7-14(11-20)8-10-16/h2-11,13H,12H2,1H3,(H,19,21). The van der Waals surface area contributed by atoms with Gasteiger partial charge in [0.15, 0.2) is 6.61 Å². The molecule has 0 spiro atoms. The Kier molecular flexibility index (Phi) is 5.63. The van der Waals surface area contributed by atoms with Crippen molar-refractivity contribution in [2.75, 3.05) is 6.61 Å². The highest BCUT2D eigenvalue weighted by Crippen LogP contribution is 2.11. The number of benzene rings is 2. The molecular formula is C18H17NO4. The number of hydrogen-bond donors (Lipinski definition) is 1. The molecule has 1 atom stereocenters. The van der Waals surface area contributed by atoms with Gasteiger partial charge >= 0.3 is 5.97 Å². The fourth-order valence-corrected chi connectivity index (χ4v) is 2.02. The van der Waals surface area contributed by atoms with Crippen LogP contribution in [0.15, 0.2) is 54.6 Å². The summed E-state index contributed by atoms with van der Waals surface area (Å²) in [5.41, 5.74) is 1.73. The summed E-state index contributed by atoms with van der Waals surface area (Å²) >= 11 is 0. The van der Waals surface area contributed by atoms with E-state index >= 15 is 0 Å². The van der Waals surface area contributed by atoms with Gasteiger partial charge in [-0.25, -0.2) is 4.79 Å². The molecule has 0 saturated heterocycles. The number of hydrogen-bond acceptors (Lipinski definition) is 4. The molecule has 23 heavy (non-hydrogen) atoms. The first-order valence-electron chi connectivity index (χ1n) is 7.17. The lowest BCUT2D eigenvalue weighted by Crippen LogP contribution is -2.31. The molecule has 1 N–H and O–H groups in total. The van der Waals surface area contributed by atoms with Crippen LogP contribution in [0.2, 0.25) is 0 Å². The van der Waals surface area contributed by atoms with Gasteiger partial charge in [-0.05, 0) is 24.6 Å². The molecule has 0 bridgehead atoms. The van der Waals surface area contributed by atoms with Gasteiger partial charge in [0.05, 0.1) is 11.6 Å². The van der Waals surface area contributed by atoms with E-state index in [1.807, 2.05) is 37.3 Å². The summed E-state index contributed by atoms with van der Waals surface area (Å²) in [6.07, 6.45) is 0.688. The van der Waals surface area contributed by atoms with Gasteiger partial charge in [-0.2, -0.15) is 0 Å². The second kappa shape index (κ2) is 7.89. The number of amides is 1. The Morgan fingerprint density at radius 3 is 2.35 bits per heavy atom. The molecule has 0 heterocycles. The predicted molar refractivity (Wildman–Crippen MR) is 85.1 cm³/mol. The average Bonchev–Trinajstić information content (AvgIpc) is 2.60. The van der Waals surface area contributed by atoms with E-state index in [0.29, 0.717) is 17.4 Å². The first kappa shape index (κ1) is 16.4. The van der Waals surface area contributed by atoms with Gasteiger partial charge in [-0.15, -0.1) is 0 Å². The molecular weight excluding hydrogens is 294 g/mol. The summed E-state index contributed by atoms with van der Waals surface area (Å²) in [5, 5.41) is 2.76. The van der Waals surface area contributed by atoms with Crippen molar-refractivity contribution in [3.63, 3.8) is 0 Å². The van der Waals surface area contributed by atoms with E-state index in [2.05, 4.69) is 5.32 Å². The van der Waals surface area contributed by atoms with Gasteiger partial charge in [-0.1, -0.05) is 42.5 Å². The maximum absolute atomic E-state index is 11.8. The van der Waals surface area contributed by atoms with E-state index in [1.165, 1.54) is 24.3 Å². The lowest BCUT2D eigenvalue weighted by atomic mass is 10.1. The highest BCUT2D eigenvalue weighted by molar-refractivity contribution is 5.92. The van der Waals surface area contributed by atoms with E-state index in [1.54, 1.807) is 0 Å². The lowest BCUT2D eigenvalue weighted by Gasteiger charge is -2.14. The van der Waals surface area contributed by atoms with Crippen LogP contribution in [0.1, 0.15) is 39.2 Å². The van der Waals surface area contributed by atoms with Gasteiger partial charge in [-0.3, -0.25) is 9.59 Å². The van der Waals surface area contributed by atoms with Crippen LogP contribution in [0, 0.1) is 0 Å². The van der Waals surface area contributed by atoms with Gasteiger partial charge in [0.2, 0.25) is 0 Å². The number of carbonyl (C=O) groups is 3. The molecule has 0 saturated carbocycles. The molecule has 0 radical (unpaired) electrons. The second-order valence-corrected chi connectivity index (χ2v) is 5.02. The third-order valence-electron chi connectivity index (χ3n) is 3.29. The highest BCUT2D eigenvalue weighted by Gasteiger charge is 2.13. The molecule has 0 aromatic heterocycles. The van der Waals surface area contributed by atoms with E-state index < -0.39 is 5.97 Å². The zero-order valence-corrected chi connectivity index (χ0v) is 12.7. The topological polar surface area (TPSA) is 72.5 Å². The molecule has 118 valence electrons. The minimum Gasteiger partial charge on any atom is -0.452 e. The van der Waals surface area contributed by atoms with E-state index in [-0.39, 0.29) is 18.6 Å². The first-order valence-corrected chi connectivity index (χ1v) is 7.17. The fourth-order valence-electron chi connectivity index (χ4n) is 2.02. The summed E-state index contributed by atoms with van der Waals surface area (Å²) < 4.78 is 4.96. The minimum absolute atomic E-state index is 0.172. The Balaban J connectivity index is 1.83. The maximum atomic E-state index is 11.8. The highest BCUT2D eigenvalue weighted by atomic mass is 16.5. The molecule has 0 aliphatic heterocycles. The van der Waals surface area contributed by atoms with Crippen LogP contribution in [0.3, 0.4) is 0 Å². The summed E-state index contributed by atoms with van der Waals surface area (Å²) in [4.78, 5) is 34.2. The monoisotopic (exact) mass is 311 g/mol. The number of rotatable bonds is 6. The minimum atomic E-state index is -0.607. The van der Waals surface area contributed by atoms with E-state index in [9.17, 15) is 14.4 Å². The second-order valence-electron chi connectivity index (χ2n) is 5.02. The third-order valence-corrected chi connectivity index (χ3v) is 3.29. The molecule has 1 amide bonds. The van der Waals surface area contributed by atoms with Crippen molar-refractivity contribution < 1.29 is 19.1 Å². The zero-order chi connectivity index (χ0) is 16.7. The molecule has 2 rings (SSSR count). The largest absolute Gasteiger partial charge is 0.452 e. The normalized spacial score (nSPS) is 11.3. The Bertz CT molecular complexity index is 680. The van der Waals surface area contributed by atoms with Crippen molar-refractivity contribution in [2.45, 2.75) is 13.0 Å². The van der Waals surface area contributed by atoms with Crippen LogP contribution in [-0.4, -0.2) is 24.8 Å². The average molecular weight is 311 g/mol. The Morgan fingerprint density at radius 2 is 1.74 bits per heavy atom. The molecule has 2 aromatic rings. The summed E-state index contributed by atoms with van der Waals surface area (Å²) in [6, 6.07) is 15.3. The molecule has 0 aliphatic rings. The number of ether oxygens (including phenoxy) is 1. The van der Waals surface area contributed by atoms with Crippen LogP contribution >= 0.6 is 0 Å². The molecule has 0 aliphatic carbocycles. The number of aldehydes is 1. The van der Waals surface area contributed by atoms with Crippen molar-refractivity contribution >= 4 is 18.2 Å². The number of nitrogens with one attached hydrogen (secondary N) is 1. The molecule has 2 aromatic carbocycles. The number of carbonyl (C=O) groups excluding carboxylic acids is 3. The predicted octanol–water partition coefficient (Wildman–Crippen LogP) is 2.53. The lowest BCUT2D eigenvalue weighted by molar-refractivity contribution is -0.124. The van der Waals surface area contributed by atoms with Crippen molar-refractivity contribution in [3.05, 3.63) is 71.3 Å². The maximum Gasteiger partial charge on any atom is 0.338 e. The molecule has 1 unspecified atom stereocenters. The zero-order valence-electron chi connectivity index (χ0n) is 12.7. The number of esters is 1. The third kappa shape index (κ3) is 4.78. The van der Waals surface area contributed by atoms with Crippen molar-refractivity contribution in [2.24, 2.45) is 0 Å². The quantitative estimate of drug-likeness (QED) is 0.657. The summed E-state index contributed by atoms with van der Waals surface area (Å²) in [5.74, 6) is -0.982. The van der Waals surface area contributed by atoms with Crippen LogP contribution < -0.4 is 5.32 Å². The van der Waals surface area contributed by atoms with Gasteiger partial charge in [0, 0.05) is 5.56 Å². The van der Waals surface area contributed by atoms with E-state index in [4.69, 9.17) is 4.74 Å². The van der Waals surface area contributed by atoms with Crippen LogP contribution in [0.5, 0.6) is 0 Å². The van der Waals surface area contributed by atoms with Gasteiger partial charge in [0.1, 0.15) is 6.29 Å². The van der Waals surface area contributed by atoms with Crippen molar-refractivity contribution in [1.29, 1.82) is 0 Å². The summed E-state index contributed by atoms with van der Waals surface area (Å²) in [7, 11) is 0. The Labute approximate surface area is 134 Å². The molecule has 5 heteroatoms. The Morgan fingerprint density at radius 1 is 1.09 bits per heavy atom. The molecule has 0 fully saturated rings. The fraction of sp³-hybridized carbons (Fsp3) is 0.167. The van der Waals surface area contributed by atoms with Gasteiger partial charge in [0.25, 0.3) is 5.91 Å². The Hall–Kier alpha value is -2.95. The van der Waals surface area contributed by atoms with E-state index in [0.717, 1.165) is 5.56 Å². The smallest absolute Gasteiger partial charge is 0.338 e. The first-order chi connectivity index (χ1) is 11.1. The SMILES string of the molecule is CC(NC(=O)COC(=O)c1ccc(C=O)cc1)c1ccccc1.